The minimum absolute atomic E-state index is 0.108. The fourth-order valence-electron chi connectivity index (χ4n) is 2.92. The van der Waals surface area contributed by atoms with Crippen molar-refractivity contribution in [3.8, 4) is 0 Å². The van der Waals surface area contributed by atoms with Gasteiger partial charge in [-0.3, -0.25) is 0 Å². The number of carbonyl (C=O) groups is 1. The molecule has 5 nitrogen and oxygen atoms in total. The smallest absolute Gasteiger partial charge is 0.232 e. The van der Waals surface area contributed by atoms with Crippen molar-refractivity contribution in [2.75, 3.05) is 0 Å². The molecule has 4 aromatic rings. The third kappa shape index (κ3) is 17.9. The van der Waals surface area contributed by atoms with E-state index in [9.17, 15) is 55.2 Å². The molecule has 0 aliphatic rings. The summed E-state index contributed by atoms with van der Waals surface area (Å²) < 4.78 is 126. The second kappa shape index (κ2) is 9.88. The van der Waals surface area contributed by atoms with Gasteiger partial charge in [0.2, 0.25) is 0 Å². The summed E-state index contributed by atoms with van der Waals surface area (Å²) in [6, 6.07) is 20.3. The van der Waals surface area contributed by atoms with Gasteiger partial charge >= 0.3 is 72.0 Å². The maximum atomic E-state index is 12.7. The fourth-order valence-corrected chi connectivity index (χ4v) is 2.92. The standard InChI is InChI=1S/C21H20N4O.2F6P/c26-21(24-13-11-22(17-24)15-19-7-3-1-4-8-19)25-14-12-23(18-25)16-20-9-5-2-6-10-20;2*1-7(2,3,4,5)6/h1-14,17-18H,15-16H2;;/q+2;2*-1. The van der Waals surface area contributed by atoms with E-state index in [1.54, 1.807) is 21.5 Å². The number of benzene rings is 2. The molecule has 0 saturated heterocycles. The first kappa shape index (κ1) is 32.8. The van der Waals surface area contributed by atoms with Gasteiger partial charge in [-0.15, -0.1) is 9.13 Å². The molecule has 0 amide bonds. The Morgan fingerprint density at radius 2 is 0.825 bits per heavy atom. The molecule has 40 heavy (non-hydrogen) atoms. The molecule has 2 heterocycles. The summed E-state index contributed by atoms with van der Waals surface area (Å²) in [6.07, 6.45) is 11.0. The molecular weight excluding hydrogens is 614 g/mol. The molecule has 224 valence electrons. The van der Waals surface area contributed by atoms with Crippen molar-refractivity contribution in [3.05, 3.63) is 109 Å². The van der Waals surface area contributed by atoms with Crippen molar-refractivity contribution < 1.29 is 64.3 Å². The van der Waals surface area contributed by atoms with Gasteiger partial charge < -0.3 is 0 Å². The molecule has 0 bridgehead atoms. The minimum atomic E-state index is -10.7. The number of hydrogen-bond acceptors (Lipinski definition) is 1. The van der Waals surface area contributed by atoms with E-state index in [0.717, 1.165) is 13.1 Å². The second-order valence-electron chi connectivity index (χ2n) is 8.16. The number of halogens is 12. The maximum Gasteiger partial charge on any atom is 0.513 e. The van der Waals surface area contributed by atoms with Crippen LogP contribution in [-0.4, -0.2) is 15.2 Å². The zero-order chi connectivity index (χ0) is 30.6. The van der Waals surface area contributed by atoms with E-state index in [2.05, 4.69) is 24.3 Å². The van der Waals surface area contributed by atoms with Crippen LogP contribution in [0.25, 0.3) is 0 Å². The summed E-state index contributed by atoms with van der Waals surface area (Å²) in [5, 5.41) is 0. The van der Waals surface area contributed by atoms with Crippen LogP contribution in [0, 0.1) is 0 Å². The third-order valence-electron chi connectivity index (χ3n) is 4.24. The number of hydrogen-bond donors (Lipinski definition) is 0. The average Bonchev–Trinajstić information content (AvgIpc) is 3.40. The Hall–Kier alpha value is -3.45. The summed E-state index contributed by atoms with van der Waals surface area (Å²) in [5.41, 5.74) is 2.40. The third-order valence-corrected chi connectivity index (χ3v) is 4.24. The van der Waals surface area contributed by atoms with Crippen molar-refractivity contribution in [1.29, 1.82) is 0 Å². The van der Waals surface area contributed by atoms with Crippen molar-refractivity contribution in [3.63, 3.8) is 0 Å². The van der Waals surface area contributed by atoms with E-state index >= 15 is 0 Å². The molecule has 0 atom stereocenters. The van der Waals surface area contributed by atoms with Gasteiger partial charge in [-0.2, -0.15) is 4.79 Å². The van der Waals surface area contributed by atoms with E-state index in [0.29, 0.717) is 0 Å². The van der Waals surface area contributed by atoms with Crippen LogP contribution in [0.5, 0.6) is 0 Å². The van der Waals surface area contributed by atoms with Gasteiger partial charge in [0.25, 0.3) is 12.7 Å². The molecule has 19 heteroatoms. The molecular formula is C21H20F12N4OP2. The van der Waals surface area contributed by atoms with Crippen molar-refractivity contribution in [2.24, 2.45) is 0 Å². The molecule has 0 aliphatic heterocycles. The van der Waals surface area contributed by atoms with Gasteiger partial charge in [0.1, 0.15) is 37.9 Å². The first-order valence-corrected chi connectivity index (χ1v) is 14.6. The zero-order valence-corrected chi connectivity index (χ0v) is 21.6. The van der Waals surface area contributed by atoms with Crippen LogP contribution < -0.4 is 9.13 Å². The monoisotopic (exact) mass is 634 g/mol. The molecule has 2 aromatic heterocycles. The molecule has 0 aliphatic carbocycles. The SMILES string of the molecule is F[P-](F)(F)(F)(F)F.F[P-](F)(F)(F)(F)F.O=C(n1cc[n+](Cc2ccccc2)c1)n1cc[n+](Cc2ccccc2)c1. The Labute approximate surface area is 218 Å². The number of rotatable bonds is 4. The number of nitrogens with zero attached hydrogens (tertiary/aromatic N) is 4. The predicted octanol–water partition coefficient (Wildman–Crippen LogP) is 9.24. The molecule has 0 radical (unpaired) electrons. The van der Waals surface area contributed by atoms with E-state index in [1.165, 1.54) is 11.1 Å². The molecule has 0 saturated carbocycles. The van der Waals surface area contributed by atoms with E-state index in [1.807, 2.05) is 70.6 Å². The van der Waals surface area contributed by atoms with E-state index in [-0.39, 0.29) is 6.03 Å². The molecule has 0 N–H and O–H groups in total. The van der Waals surface area contributed by atoms with Crippen molar-refractivity contribution in [2.45, 2.75) is 13.1 Å². The number of aromatic nitrogens is 4. The van der Waals surface area contributed by atoms with Crippen LogP contribution in [0.3, 0.4) is 0 Å². The summed E-state index contributed by atoms with van der Waals surface area (Å²) in [5.74, 6) is 0. The van der Waals surface area contributed by atoms with Gasteiger partial charge in [-0.25, -0.2) is 9.13 Å². The Balaban J connectivity index is 0.000000333. The molecule has 2 aromatic carbocycles. The number of imidazole rings is 2. The summed E-state index contributed by atoms with van der Waals surface area (Å²) in [6.45, 7) is 1.47. The van der Waals surface area contributed by atoms with Crippen LogP contribution in [0.4, 0.5) is 55.2 Å². The Bertz CT molecular complexity index is 1300. The average molecular weight is 634 g/mol. The minimum Gasteiger partial charge on any atom is -0.232 e. The first-order chi connectivity index (χ1) is 17.7. The van der Waals surface area contributed by atoms with Gasteiger partial charge in [0.15, 0.2) is 0 Å². The number of carbonyl (C=O) groups excluding carboxylic acids is 1. The van der Waals surface area contributed by atoms with Crippen LogP contribution >= 0.6 is 15.6 Å². The molecule has 4 rings (SSSR count). The van der Waals surface area contributed by atoms with Gasteiger partial charge in [-0.1, -0.05) is 60.7 Å². The van der Waals surface area contributed by atoms with Crippen molar-refractivity contribution in [1.82, 2.24) is 9.13 Å². The Morgan fingerprint density at radius 1 is 0.550 bits per heavy atom. The second-order valence-corrected chi connectivity index (χ2v) is 12.0. The molecule has 0 spiro atoms. The summed E-state index contributed by atoms with van der Waals surface area (Å²) >= 11 is 0. The zero-order valence-electron chi connectivity index (χ0n) is 19.8. The maximum absolute atomic E-state index is 12.7. The van der Waals surface area contributed by atoms with Crippen molar-refractivity contribution >= 4 is 21.6 Å². The first-order valence-electron chi connectivity index (χ1n) is 10.6. The van der Waals surface area contributed by atoms with Crippen LogP contribution in [0.15, 0.2) is 98.1 Å². The van der Waals surface area contributed by atoms with Crippen LogP contribution in [0.2, 0.25) is 0 Å². The molecule has 0 unspecified atom stereocenters. The quantitative estimate of drug-likeness (QED) is 0.125. The fraction of sp³-hybridized carbons (Fsp3) is 0.0952. The normalized spacial score (nSPS) is 15.1. The largest absolute Gasteiger partial charge is 0.513 e. The Kier molecular flexibility index (Phi) is 8.09. The topological polar surface area (TPSA) is 34.7 Å². The van der Waals surface area contributed by atoms with Gasteiger partial charge in [0.05, 0.1) is 0 Å². The summed E-state index contributed by atoms with van der Waals surface area (Å²) in [4.78, 5) is 12.7. The Morgan fingerprint density at radius 3 is 1.10 bits per heavy atom. The van der Waals surface area contributed by atoms with E-state index < -0.39 is 15.6 Å². The van der Waals surface area contributed by atoms with E-state index in [4.69, 9.17) is 0 Å². The predicted molar refractivity (Wildman–Crippen MR) is 124 cm³/mol. The van der Waals surface area contributed by atoms with Crippen LogP contribution in [0.1, 0.15) is 11.1 Å². The van der Waals surface area contributed by atoms with Crippen LogP contribution in [-0.2, 0) is 13.1 Å². The summed E-state index contributed by atoms with van der Waals surface area (Å²) in [7, 11) is -21.3. The van der Waals surface area contributed by atoms with Gasteiger partial charge in [-0.05, 0) is 11.1 Å². The molecule has 0 fully saturated rings. The van der Waals surface area contributed by atoms with Gasteiger partial charge in [0, 0.05) is 0 Å².